The van der Waals surface area contributed by atoms with Crippen LogP contribution in [0.2, 0.25) is 0 Å². The molecule has 5 heteroatoms. The van der Waals surface area contributed by atoms with Crippen LogP contribution < -0.4 is 10.6 Å². The van der Waals surface area contributed by atoms with Crippen molar-refractivity contribution in [3.63, 3.8) is 0 Å². The van der Waals surface area contributed by atoms with E-state index in [1.807, 2.05) is 38.1 Å². The lowest BCUT2D eigenvalue weighted by Gasteiger charge is -2.07. The Hall–Kier alpha value is -1.55. The maximum absolute atomic E-state index is 11.8. The van der Waals surface area contributed by atoms with E-state index in [9.17, 15) is 4.79 Å². The van der Waals surface area contributed by atoms with Crippen LogP contribution in [0.1, 0.15) is 25.3 Å². The summed E-state index contributed by atoms with van der Waals surface area (Å²) < 4.78 is 1.15. The largest absolute Gasteiger partial charge is 0.360 e. The Labute approximate surface area is 133 Å². The Kier molecular flexibility index (Phi) is 7.09. The molecule has 0 aromatic heterocycles. The fraction of sp³-hybridized carbons (Fsp3) is 0.333. The van der Waals surface area contributed by atoms with E-state index in [2.05, 4.69) is 33.2 Å². The molecular weight excluding hydrogens is 365 g/mol. The maximum atomic E-state index is 11.8. The van der Waals surface area contributed by atoms with Crippen molar-refractivity contribution in [3.8, 4) is 6.07 Å². The van der Waals surface area contributed by atoms with Crippen molar-refractivity contribution in [3.05, 3.63) is 39.1 Å². The van der Waals surface area contributed by atoms with Crippen molar-refractivity contribution in [2.45, 2.75) is 26.7 Å². The van der Waals surface area contributed by atoms with Gasteiger partial charge in [-0.2, -0.15) is 5.26 Å². The van der Waals surface area contributed by atoms with Crippen molar-refractivity contribution in [2.75, 3.05) is 11.9 Å². The van der Waals surface area contributed by atoms with E-state index in [4.69, 9.17) is 5.26 Å². The van der Waals surface area contributed by atoms with Crippen LogP contribution in [0.5, 0.6) is 0 Å². The van der Waals surface area contributed by atoms with Gasteiger partial charge in [-0.1, -0.05) is 13.3 Å². The second kappa shape index (κ2) is 8.59. The molecule has 0 heterocycles. The Morgan fingerprint density at radius 3 is 2.85 bits per heavy atom. The Morgan fingerprint density at radius 1 is 1.50 bits per heavy atom. The van der Waals surface area contributed by atoms with Gasteiger partial charge < -0.3 is 10.6 Å². The number of hydrogen-bond acceptors (Lipinski definition) is 3. The van der Waals surface area contributed by atoms with Gasteiger partial charge >= 0.3 is 0 Å². The molecule has 0 radical (unpaired) electrons. The van der Waals surface area contributed by atoms with E-state index >= 15 is 0 Å². The second-order valence-electron chi connectivity index (χ2n) is 4.38. The summed E-state index contributed by atoms with van der Waals surface area (Å²) in [4.78, 5) is 11.8. The second-order valence-corrected chi connectivity index (χ2v) is 5.63. The number of nitriles is 1. The van der Waals surface area contributed by atoms with Crippen LogP contribution >= 0.6 is 22.6 Å². The van der Waals surface area contributed by atoms with E-state index in [1.165, 1.54) is 6.20 Å². The van der Waals surface area contributed by atoms with Gasteiger partial charge in [0.1, 0.15) is 11.6 Å². The minimum absolute atomic E-state index is 0.0825. The number of nitrogens with zero attached hydrogens (tertiary/aromatic N) is 1. The summed E-state index contributed by atoms with van der Waals surface area (Å²) in [6.45, 7) is 4.62. The van der Waals surface area contributed by atoms with Crippen LogP contribution in [0.4, 0.5) is 5.69 Å². The Morgan fingerprint density at radius 2 is 2.25 bits per heavy atom. The first-order chi connectivity index (χ1) is 9.58. The topological polar surface area (TPSA) is 64.9 Å². The molecule has 1 aromatic carbocycles. The van der Waals surface area contributed by atoms with Gasteiger partial charge in [0.15, 0.2) is 0 Å². The van der Waals surface area contributed by atoms with Crippen LogP contribution in [-0.4, -0.2) is 12.5 Å². The first-order valence-corrected chi connectivity index (χ1v) is 7.57. The summed E-state index contributed by atoms with van der Waals surface area (Å²) in [6.07, 6.45) is 3.37. The Balaban J connectivity index is 2.70. The SMILES string of the molecule is CCCCNC(=O)/C(C#N)=C\Nc1ccc(I)cc1C. The summed E-state index contributed by atoms with van der Waals surface area (Å²) in [7, 11) is 0. The highest BCUT2D eigenvalue weighted by Gasteiger charge is 2.07. The molecule has 20 heavy (non-hydrogen) atoms. The van der Waals surface area contributed by atoms with Gasteiger partial charge in [-0.05, 0) is 59.7 Å². The molecule has 0 aliphatic heterocycles. The summed E-state index contributed by atoms with van der Waals surface area (Å²) in [5, 5.41) is 14.8. The van der Waals surface area contributed by atoms with Gasteiger partial charge in [0.05, 0.1) is 0 Å². The lowest BCUT2D eigenvalue weighted by molar-refractivity contribution is -0.117. The monoisotopic (exact) mass is 383 g/mol. The molecule has 2 N–H and O–H groups in total. The third kappa shape index (κ3) is 5.21. The molecule has 0 aliphatic carbocycles. The van der Waals surface area contributed by atoms with Gasteiger partial charge in [-0.25, -0.2) is 0 Å². The molecular formula is C15H18IN3O. The van der Waals surface area contributed by atoms with E-state index in [0.29, 0.717) is 6.54 Å². The van der Waals surface area contributed by atoms with Crippen molar-refractivity contribution in [2.24, 2.45) is 0 Å². The molecule has 1 amide bonds. The van der Waals surface area contributed by atoms with Gasteiger partial charge in [0, 0.05) is 22.0 Å². The smallest absolute Gasteiger partial charge is 0.263 e. The quantitative estimate of drug-likeness (QED) is 0.343. The van der Waals surface area contributed by atoms with E-state index in [0.717, 1.165) is 27.7 Å². The van der Waals surface area contributed by atoms with Crippen molar-refractivity contribution >= 4 is 34.2 Å². The number of rotatable bonds is 6. The molecule has 0 saturated carbocycles. The molecule has 1 rings (SSSR count). The fourth-order valence-electron chi connectivity index (χ4n) is 1.56. The number of carbonyl (C=O) groups excluding carboxylic acids is 1. The fourth-order valence-corrected chi connectivity index (χ4v) is 2.21. The number of hydrogen-bond donors (Lipinski definition) is 2. The number of nitrogens with one attached hydrogen (secondary N) is 2. The highest BCUT2D eigenvalue weighted by Crippen LogP contribution is 2.17. The molecule has 0 aliphatic rings. The summed E-state index contributed by atoms with van der Waals surface area (Å²) in [6, 6.07) is 7.84. The Bertz CT molecular complexity index is 547. The van der Waals surface area contributed by atoms with E-state index in [-0.39, 0.29) is 11.5 Å². The molecule has 0 atom stereocenters. The first kappa shape index (κ1) is 16.5. The van der Waals surface area contributed by atoms with Crippen LogP contribution in [0.15, 0.2) is 30.0 Å². The molecule has 0 fully saturated rings. The molecule has 0 unspecified atom stereocenters. The number of amides is 1. The van der Waals surface area contributed by atoms with E-state index < -0.39 is 0 Å². The number of benzene rings is 1. The highest BCUT2D eigenvalue weighted by molar-refractivity contribution is 14.1. The van der Waals surface area contributed by atoms with Gasteiger partial charge in [-0.3, -0.25) is 4.79 Å². The van der Waals surface area contributed by atoms with Crippen LogP contribution in [0.3, 0.4) is 0 Å². The summed E-state index contributed by atoms with van der Waals surface area (Å²) in [5.74, 6) is -0.336. The first-order valence-electron chi connectivity index (χ1n) is 6.49. The average molecular weight is 383 g/mol. The predicted molar refractivity (Wildman–Crippen MR) is 89.1 cm³/mol. The maximum Gasteiger partial charge on any atom is 0.263 e. The highest BCUT2D eigenvalue weighted by atomic mass is 127. The van der Waals surface area contributed by atoms with Gasteiger partial charge in [0.2, 0.25) is 0 Å². The summed E-state index contributed by atoms with van der Waals surface area (Å²) in [5.41, 5.74) is 2.04. The zero-order chi connectivity index (χ0) is 15.0. The summed E-state index contributed by atoms with van der Waals surface area (Å²) >= 11 is 2.24. The molecule has 1 aromatic rings. The number of unbranched alkanes of at least 4 members (excludes halogenated alkanes) is 1. The lowest BCUT2D eigenvalue weighted by Crippen LogP contribution is -2.25. The van der Waals surface area contributed by atoms with Crippen LogP contribution in [-0.2, 0) is 4.79 Å². The van der Waals surface area contributed by atoms with Gasteiger partial charge in [0.25, 0.3) is 5.91 Å². The third-order valence-electron chi connectivity index (χ3n) is 2.74. The van der Waals surface area contributed by atoms with Crippen molar-refractivity contribution in [1.82, 2.24) is 5.32 Å². The number of aryl methyl sites for hydroxylation is 1. The van der Waals surface area contributed by atoms with E-state index in [1.54, 1.807) is 0 Å². The van der Waals surface area contributed by atoms with Crippen molar-refractivity contribution < 1.29 is 4.79 Å². The average Bonchev–Trinajstić information content (AvgIpc) is 2.42. The zero-order valence-electron chi connectivity index (χ0n) is 11.7. The molecule has 0 bridgehead atoms. The molecule has 0 saturated heterocycles. The normalized spacial score (nSPS) is 10.8. The molecule has 4 nitrogen and oxygen atoms in total. The minimum Gasteiger partial charge on any atom is -0.360 e. The zero-order valence-corrected chi connectivity index (χ0v) is 13.8. The molecule has 106 valence electrons. The predicted octanol–water partition coefficient (Wildman–Crippen LogP) is 3.34. The lowest BCUT2D eigenvalue weighted by atomic mass is 10.2. The third-order valence-corrected chi connectivity index (χ3v) is 3.41. The molecule has 0 spiro atoms. The standard InChI is InChI=1S/C15H18IN3O/c1-3-4-7-18-15(20)12(9-17)10-19-14-6-5-13(16)8-11(14)2/h5-6,8,10,19H,3-4,7H2,1-2H3,(H,18,20)/b12-10-. The van der Waals surface area contributed by atoms with Crippen LogP contribution in [0.25, 0.3) is 0 Å². The number of carbonyl (C=O) groups is 1. The van der Waals surface area contributed by atoms with Crippen LogP contribution in [0, 0.1) is 21.8 Å². The minimum atomic E-state index is -0.336. The van der Waals surface area contributed by atoms with Gasteiger partial charge in [-0.15, -0.1) is 0 Å². The number of halogens is 1. The number of anilines is 1. The van der Waals surface area contributed by atoms with Crippen molar-refractivity contribution in [1.29, 1.82) is 5.26 Å².